The monoisotopic (exact) mass is 268 g/mol. The number of amides is 1. The van der Waals surface area contributed by atoms with Crippen molar-refractivity contribution < 1.29 is 14.4 Å². The normalized spacial score (nSPS) is 11.1. The Kier molecular flexibility index (Phi) is 6.63. The van der Waals surface area contributed by atoms with E-state index in [1.54, 1.807) is 11.7 Å². The fourth-order valence-corrected chi connectivity index (χ4v) is 1.80. The Labute approximate surface area is 109 Å². The van der Waals surface area contributed by atoms with Crippen molar-refractivity contribution in [3.05, 3.63) is 11.1 Å². The molecule has 7 heteroatoms. The maximum Gasteiger partial charge on any atom is 0.259 e. The first-order valence-electron chi connectivity index (χ1n) is 5.56. The molecule has 0 atom stereocenters. The highest BCUT2D eigenvalue weighted by molar-refractivity contribution is 7.14. The lowest BCUT2D eigenvalue weighted by molar-refractivity contribution is -0.105. The summed E-state index contributed by atoms with van der Waals surface area (Å²) in [5.74, 6) is 0. The molecule has 97 valence electrons. The van der Waals surface area contributed by atoms with E-state index in [0.717, 1.165) is 19.3 Å². The van der Waals surface area contributed by atoms with Crippen molar-refractivity contribution in [1.29, 1.82) is 0 Å². The zero-order valence-electron chi connectivity index (χ0n) is 10.0. The quantitative estimate of drug-likeness (QED) is 0.320. The third kappa shape index (κ3) is 4.62. The summed E-state index contributed by atoms with van der Waals surface area (Å²) in [6, 6.07) is 0. The van der Waals surface area contributed by atoms with E-state index in [4.69, 9.17) is 4.84 Å². The van der Waals surface area contributed by atoms with Crippen LogP contribution in [0, 0.1) is 0 Å². The highest BCUT2D eigenvalue weighted by Gasteiger charge is 2.09. The van der Waals surface area contributed by atoms with Crippen LogP contribution in [0.5, 0.6) is 0 Å². The summed E-state index contributed by atoms with van der Waals surface area (Å²) in [6.45, 7) is 2.55. The van der Waals surface area contributed by atoms with Gasteiger partial charge < -0.3 is 10.2 Å². The summed E-state index contributed by atoms with van der Waals surface area (Å²) in [4.78, 5) is 30.0. The fourth-order valence-electron chi connectivity index (χ4n) is 1.14. The molecule has 1 amide bonds. The zero-order valence-corrected chi connectivity index (χ0v) is 10.8. The number of thiazole rings is 1. The van der Waals surface area contributed by atoms with Gasteiger partial charge in [0, 0.05) is 5.38 Å². The standard InChI is InChI=1S/C11H14N3O3S/c1-2-3-4-5-17-14-9(6-15)10-7-18-11(13-10)12-8-16/h7-8H,2-5H2,1H3,(H,12,13,16)/b14-9+. The van der Waals surface area contributed by atoms with E-state index in [0.29, 0.717) is 23.8 Å². The highest BCUT2D eigenvalue weighted by Crippen LogP contribution is 2.14. The van der Waals surface area contributed by atoms with Gasteiger partial charge in [-0.25, -0.2) is 4.98 Å². The van der Waals surface area contributed by atoms with Crippen molar-refractivity contribution in [2.45, 2.75) is 26.2 Å². The average Bonchev–Trinajstić information content (AvgIpc) is 2.83. The molecule has 0 saturated carbocycles. The maximum atomic E-state index is 10.7. The molecule has 0 aliphatic heterocycles. The second kappa shape index (κ2) is 8.35. The third-order valence-corrected chi connectivity index (χ3v) is 2.79. The van der Waals surface area contributed by atoms with Crippen molar-refractivity contribution in [2.75, 3.05) is 11.9 Å². The van der Waals surface area contributed by atoms with E-state index >= 15 is 0 Å². The molecule has 1 rings (SSSR count). The number of carbonyl (C=O) groups is 1. The minimum absolute atomic E-state index is 0.00157. The Balaban J connectivity index is 2.55. The maximum absolute atomic E-state index is 10.7. The number of rotatable bonds is 9. The molecule has 1 aromatic rings. The van der Waals surface area contributed by atoms with E-state index in [9.17, 15) is 9.59 Å². The number of nitrogens with one attached hydrogen (secondary N) is 1. The summed E-state index contributed by atoms with van der Waals surface area (Å²) >= 11 is 1.20. The van der Waals surface area contributed by atoms with Gasteiger partial charge in [0.1, 0.15) is 12.3 Å². The van der Waals surface area contributed by atoms with Crippen LogP contribution in [0.1, 0.15) is 31.9 Å². The van der Waals surface area contributed by atoms with Gasteiger partial charge in [-0.1, -0.05) is 24.9 Å². The number of hydrogen-bond donors (Lipinski definition) is 1. The summed E-state index contributed by atoms with van der Waals surface area (Å²) in [6.07, 6.45) is 5.22. The molecule has 18 heavy (non-hydrogen) atoms. The van der Waals surface area contributed by atoms with Gasteiger partial charge in [0.15, 0.2) is 10.8 Å². The van der Waals surface area contributed by atoms with Gasteiger partial charge in [-0.2, -0.15) is 0 Å². The Hall–Kier alpha value is -1.76. The van der Waals surface area contributed by atoms with Crippen molar-refractivity contribution in [2.24, 2.45) is 5.16 Å². The Morgan fingerprint density at radius 2 is 2.50 bits per heavy atom. The van der Waals surface area contributed by atoms with Crippen molar-refractivity contribution in [1.82, 2.24) is 4.98 Å². The van der Waals surface area contributed by atoms with E-state index in [-0.39, 0.29) is 5.71 Å². The number of aromatic nitrogens is 1. The van der Waals surface area contributed by atoms with Crippen LogP contribution in [-0.4, -0.2) is 30.0 Å². The molecular weight excluding hydrogens is 254 g/mol. The fraction of sp³-hybridized carbons (Fsp3) is 0.455. The molecule has 0 aliphatic rings. The van der Waals surface area contributed by atoms with Crippen LogP contribution in [0.2, 0.25) is 0 Å². The van der Waals surface area contributed by atoms with Crippen LogP contribution in [0.15, 0.2) is 10.5 Å². The summed E-state index contributed by atoms with van der Waals surface area (Å²) in [7, 11) is 0. The second-order valence-electron chi connectivity index (χ2n) is 3.38. The highest BCUT2D eigenvalue weighted by atomic mass is 32.1. The predicted molar refractivity (Wildman–Crippen MR) is 69.5 cm³/mol. The van der Waals surface area contributed by atoms with E-state index in [1.165, 1.54) is 11.3 Å². The molecule has 1 heterocycles. The number of nitrogens with zero attached hydrogens (tertiary/aromatic N) is 2. The second-order valence-corrected chi connectivity index (χ2v) is 4.24. The van der Waals surface area contributed by atoms with Crippen LogP contribution < -0.4 is 5.32 Å². The number of anilines is 1. The third-order valence-electron chi connectivity index (χ3n) is 2.02. The van der Waals surface area contributed by atoms with E-state index in [1.807, 2.05) is 0 Å². The van der Waals surface area contributed by atoms with E-state index < -0.39 is 0 Å². The first-order valence-corrected chi connectivity index (χ1v) is 6.44. The van der Waals surface area contributed by atoms with Crippen LogP contribution in [0.25, 0.3) is 0 Å². The number of carbonyl (C=O) groups excluding carboxylic acids is 2. The molecule has 0 saturated heterocycles. The molecule has 0 unspecified atom stereocenters. The van der Waals surface area contributed by atoms with Gasteiger partial charge in [0.2, 0.25) is 6.41 Å². The lowest BCUT2D eigenvalue weighted by Crippen LogP contribution is -2.05. The molecule has 1 aromatic heterocycles. The lowest BCUT2D eigenvalue weighted by Gasteiger charge is -1.98. The SMILES string of the molecule is CCCCCO/N=C(\[C]=O)c1csc(NC=O)n1. The predicted octanol–water partition coefficient (Wildman–Crippen LogP) is 1.73. The Bertz CT molecular complexity index is 417. The van der Waals surface area contributed by atoms with Crippen molar-refractivity contribution in [3.63, 3.8) is 0 Å². The summed E-state index contributed by atoms with van der Waals surface area (Å²) in [5.41, 5.74) is 0.344. The summed E-state index contributed by atoms with van der Waals surface area (Å²) in [5, 5.41) is 8.07. The zero-order chi connectivity index (χ0) is 13.2. The first kappa shape index (κ1) is 14.3. The van der Waals surface area contributed by atoms with Gasteiger partial charge in [0.05, 0.1) is 0 Å². The van der Waals surface area contributed by atoms with Crippen molar-refractivity contribution in [3.8, 4) is 0 Å². The molecule has 1 N–H and O–H groups in total. The molecule has 0 aromatic carbocycles. The van der Waals surface area contributed by atoms with E-state index in [2.05, 4.69) is 22.4 Å². The summed E-state index contributed by atoms with van der Waals surface area (Å²) < 4.78 is 0. The van der Waals surface area contributed by atoms with Crippen molar-refractivity contribution >= 4 is 34.9 Å². The topological polar surface area (TPSA) is 80.6 Å². The van der Waals surface area contributed by atoms with Gasteiger partial charge in [-0.15, -0.1) is 11.3 Å². The largest absolute Gasteiger partial charge is 0.395 e. The Morgan fingerprint density at radius 3 is 3.17 bits per heavy atom. The van der Waals surface area contributed by atoms with Crippen LogP contribution in [-0.2, 0) is 14.4 Å². The minimum Gasteiger partial charge on any atom is -0.395 e. The van der Waals surface area contributed by atoms with Gasteiger partial charge >= 0.3 is 0 Å². The number of oxime groups is 1. The van der Waals surface area contributed by atoms with Crippen LogP contribution in [0.4, 0.5) is 5.13 Å². The Morgan fingerprint density at radius 1 is 1.67 bits per heavy atom. The van der Waals surface area contributed by atoms with Crippen LogP contribution >= 0.6 is 11.3 Å². The molecular formula is C11H14N3O3S. The molecule has 1 radical (unpaired) electrons. The van der Waals surface area contributed by atoms with Crippen LogP contribution in [0.3, 0.4) is 0 Å². The minimum atomic E-state index is 0.00157. The molecule has 0 aliphatic carbocycles. The molecule has 0 fully saturated rings. The number of unbranched alkanes of at least 4 members (excludes halogenated alkanes) is 2. The average molecular weight is 268 g/mol. The molecule has 0 bridgehead atoms. The van der Waals surface area contributed by atoms with Gasteiger partial charge in [-0.3, -0.25) is 9.59 Å². The van der Waals surface area contributed by atoms with Gasteiger partial charge in [-0.05, 0) is 6.42 Å². The molecule has 0 spiro atoms. The first-order chi connectivity index (χ1) is 8.81. The smallest absolute Gasteiger partial charge is 0.259 e. The lowest BCUT2D eigenvalue weighted by atomic mass is 10.3. The molecule has 6 nitrogen and oxygen atoms in total. The van der Waals surface area contributed by atoms with Gasteiger partial charge in [0.25, 0.3) is 6.29 Å². The number of hydrogen-bond acceptors (Lipinski definition) is 6.